The number of hydrogen-bond acceptors (Lipinski definition) is 4. The van der Waals surface area contributed by atoms with Crippen LogP contribution in [0.5, 0.6) is 5.75 Å². The Morgan fingerprint density at radius 2 is 1.72 bits per heavy atom. The van der Waals surface area contributed by atoms with Crippen LogP contribution in [-0.2, 0) is 0 Å². The van der Waals surface area contributed by atoms with Gasteiger partial charge in [0.15, 0.2) is 5.76 Å². The van der Waals surface area contributed by atoms with Crippen molar-refractivity contribution in [2.75, 3.05) is 12.4 Å². The van der Waals surface area contributed by atoms with E-state index in [2.05, 4.69) is 10.5 Å². The van der Waals surface area contributed by atoms with E-state index in [1.54, 1.807) is 0 Å². The second-order valence-corrected chi connectivity index (χ2v) is 8.35. The van der Waals surface area contributed by atoms with Crippen LogP contribution in [0.15, 0.2) is 28.8 Å². The van der Waals surface area contributed by atoms with Gasteiger partial charge in [-0.25, -0.2) is 4.79 Å². The van der Waals surface area contributed by atoms with Gasteiger partial charge >= 0.3 is 6.03 Å². The van der Waals surface area contributed by atoms with Crippen molar-refractivity contribution >= 4 is 11.7 Å². The van der Waals surface area contributed by atoms with E-state index in [4.69, 9.17) is 9.26 Å². The molecule has 1 heterocycles. The number of rotatable bonds is 5. The Balaban J connectivity index is 1.45. The average molecular weight is 398 g/mol. The van der Waals surface area contributed by atoms with E-state index in [0.29, 0.717) is 29.3 Å². The molecule has 1 aromatic carbocycles. The molecule has 1 aromatic heterocycles. The summed E-state index contributed by atoms with van der Waals surface area (Å²) in [5.41, 5.74) is 2.19. The maximum Gasteiger partial charge on any atom is 0.321 e. The predicted molar refractivity (Wildman–Crippen MR) is 113 cm³/mol. The minimum Gasteiger partial charge on any atom is -0.490 e. The summed E-state index contributed by atoms with van der Waals surface area (Å²) in [5.74, 6) is 1.46. The van der Waals surface area contributed by atoms with Gasteiger partial charge in [-0.05, 0) is 69.7 Å². The molecule has 29 heavy (non-hydrogen) atoms. The van der Waals surface area contributed by atoms with Crippen LogP contribution in [-0.4, -0.2) is 35.3 Å². The van der Waals surface area contributed by atoms with Crippen LogP contribution in [0.2, 0.25) is 0 Å². The van der Waals surface area contributed by atoms with Gasteiger partial charge in [0, 0.05) is 18.7 Å². The minimum absolute atomic E-state index is 0.110. The van der Waals surface area contributed by atoms with E-state index in [1.807, 2.05) is 43.1 Å². The van der Waals surface area contributed by atoms with Gasteiger partial charge in [0.05, 0.1) is 6.10 Å². The largest absolute Gasteiger partial charge is 0.490 e. The van der Waals surface area contributed by atoms with Gasteiger partial charge in [-0.1, -0.05) is 24.4 Å². The van der Waals surface area contributed by atoms with Gasteiger partial charge in [-0.15, -0.1) is 0 Å². The first-order valence-corrected chi connectivity index (χ1v) is 10.9. The lowest BCUT2D eigenvalue weighted by molar-refractivity contribution is 0.155. The van der Waals surface area contributed by atoms with E-state index in [1.165, 1.54) is 32.1 Å². The fourth-order valence-corrected chi connectivity index (χ4v) is 4.43. The smallest absolute Gasteiger partial charge is 0.321 e. The molecule has 0 saturated heterocycles. The zero-order chi connectivity index (χ0) is 20.2. The quantitative estimate of drug-likeness (QED) is 0.696. The van der Waals surface area contributed by atoms with Crippen LogP contribution in [0.3, 0.4) is 0 Å². The summed E-state index contributed by atoms with van der Waals surface area (Å²) in [5, 5.41) is 7.09. The monoisotopic (exact) mass is 397 g/mol. The summed E-state index contributed by atoms with van der Waals surface area (Å²) in [6.45, 7) is 1.85. The molecule has 2 amide bonds. The summed E-state index contributed by atoms with van der Waals surface area (Å²) in [6, 6.07) is 8.08. The van der Waals surface area contributed by atoms with E-state index >= 15 is 0 Å². The fraction of sp³-hybridized carbons (Fsp3) is 0.565. The molecule has 4 rings (SSSR count). The molecule has 0 atom stereocenters. The minimum atomic E-state index is -0.110. The molecule has 2 saturated carbocycles. The molecule has 0 bridgehead atoms. The number of aromatic nitrogens is 1. The SMILES string of the molecule is Cc1noc(-c2ccc(OC3CCCCC3)cc2)c1NC(=O)N(C)C1CCCC1. The van der Waals surface area contributed by atoms with Crippen LogP contribution in [0.25, 0.3) is 11.3 Å². The number of aryl methyl sites for hydroxylation is 1. The molecule has 1 N–H and O–H groups in total. The van der Waals surface area contributed by atoms with Crippen LogP contribution < -0.4 is 10.1 Å². The van der Waals surface area contributed by atoms with Gasteiger partial charge in [-0.2, -0.15) is 0 Å². The van der Waals surface area contributed by atoms with Crippen LogP contribution in [0.1, 0.15) is 63.5 Å². The third-order valence-electron chi connectivity index (χ3n) is 6.26. The molecule has 0 unspecified atom stereocenters. The standard InChI is InChI=1S/C23H31N3O3/c1-16-21(24-23(27)26(2)18-8-6-7-9-18)22(29-25-16)17-12-14-20(15-13-17)28-19-10-4-3-5-11-19/h12-15,18-19H,3-11H2,1-2H3,(H,24,27). The molecule has 0 spiro atoms. The first kappa shape index (κ1) is 19.8. The number of hydrogen-bond donors (Lipinski definition) is 1. The van der Waals surface area contributed by atoms with Gasteiger partial charge in [0.1, 0.15) is 17.1 Å². The van der Waals surface area contributed by atoms with Crippen molar-refractivity contribution in [2.24, 2.45) is 0 Å². The Morgan fingerprint density at radius 3 is 2.41 bits per heavy atom. The Kier molecular flexibility index (Phi) is 6.07. The zero-order valence-corrected chi connectivity index (χ0v) is 17.4. The molecule has 0 radical (unpaired) electrons. The summed E-state index contributed by atoms with van der Waals surface area (Å²) < 4.78 is 11.7. The number of urea groups is 1. The maximum atomic E-state index is 12.7. The van der Waals surface area contributed by atoms with Crippen molar-refractivity contribution in [1.29, 1.82) is 0 Å². The van der Waals surface area contributed by atoms with Gasteiger partial charge in [-0.3, -0.25) is 0 Å². The molecule has 156 valence electrons. The van der Waals surface area contributed by atoms with E-state index < -0.39 is 0 Å². The lowest BCUT2D eigenvalue weighted by Crippen LogP contribution is -2.38. The third-order valence-corrected chi connectivity index (χ3v) is 6.26. The van der Waals surface area contributed by atoms with Crippen LogP contribution >= 0.6 is 0 Å². The van der Waals surface area contributed by atoms with Crippen molar-refractivity contribution in [3.8, 4) is 17.1 Å². The van der Waals surface area contributed by atoms with E-state index in [0.717, 1.165) is 37.0 Å². The normalized spacial score (nSPS) is 18.0. The number of carbonyl (C=O) groups excluding carboxylic acids is 1. The van der Waals surface area contributed by atoms with E-state index in [9.17, 15) is 4.79 Å². The number of nitrogens with one attached hydrogen (secondary N) is 1. The second-order valence-electron chi connectivity index (χ2n) is 8.35. The Morgan fingerprint density at radius 1 is 1.07 bits per heavy atom. The molecule has 2 aromatic rings. The maximum absolute atomic E-state index is 12.7. The summed E-state index contributed by atoms with van der Waals surface area (Å²) in [6.07, 6.45) is 10.9. The highest BCUT2D eigenvalue weighted by atomic mass is 16.5. The predicted octanol–water partition coefficient (Wildman–Crippen LogP) is 5.77. The first-order chi connectivity index (χ1) is 14.1. The highest BCUT2D eigenvalue weighted by molar-refractivity contribution is 5.94. The highest BCUT2D eigenvalue weighted by Crippen LogP contribution is 2.33. The molecular weight excluding hydrogens is 366 g/mol. The van der Waals surface area contributed by atoms with Crippen molar-refractivity contribution in [3.63, 3.8) is 0 Å². The average Bonchev–Trinajstić information content (AvgIpc) is 3.40. The van der Waals surface area contributed by atoms with Gasteiger partial charge in [0.2, 0.25) is 0 Å². The Hall–Kier alpha value is -2.50. The number of carbonyl (C=O) groups is 1. The topological polar surface area (TPSA) is 67.6 Å². The van der Waals surface area contributed by atoms with Crippen molar-refractivity contribution in [1.82, 2.24) is 10.1 Å². The first-order valence-electron chi connectivity index (χ1n) is 10.9. The summed E-state index contributed by atoms with van der Waals surface area (Å²) >= 11 is 0. The van der Waals surface area contributed by atoms with Crippen LogP contribution in [0, 0.1) is 6.92 Å². The Labute approximate surface area is 172 Å². The lowest BCUT2D eigenvalue weighted by atomic mass is 9.98. The Bertz CT molecular complexity index is 818. The number of amides is 2. The molecule has 6 nitrogen and oxygen atoms in total. The molecule has 2 aliphatic rings. The molecular formula is C23H31N3O3. The van der Waals surface area contributed by atoms with Crippen LogP contribution in [0.4, 0.5) is 10.5 Å². The molecule has 2 fully saturated rings. The highest BCUT2D eigenvalue weighted by Gasteiger charge is 2.25. The lowest BCUT2D eigenvalue weighted by Gasteiger charge is -2.24. The van der Waals surface area contributed by atoms with E-state index in [-0.39, 0.29) is 6.03 Å². The molecule has 6 heteroatoms. The zero-order valence-electron chi connectivity index (χ0n) is 17.4. The molecule has 2 aliphatic carbocycles. The summed E-state index contributed by atoms with van der Waals surface area (Å²) in [7, 11) is 1.87. The van der Waals surface area contributed by atoms with Crippen molar-refractivity contribution in [2.45, 2.75) is 76.9 Å². The van der Waals surface area contributed by atoms with Crippen molar-refractivity contribution < 1.29 is 14.1 Å². The second kappa shape index (κ2) is 8.89. The van der Waals surface area contributed by atoms with Gasteiger partial charge < -0.3 is 19.5 Å². The third kappa shape index (κ3) is 4.57. The number of benzene rings is 1. The molecule has 0 aliphatic heterocycles. The number of anilines is 1. The fourth-order valence-electron chi connectivity index (χ4n) is 4.43. The summed E-state index contributed by atoms with van der Waals surface area (Å²) in [4.78, 5) is 14.5. The van der Waals surface area contributed by atoms with Gasteiger partial charge in [0.25, 0.3) is 0 Å². The van der Waals surface area contributed by atoms with Crippen molar-refractivity contribution in [3.05, 3.63) is 30.0 Å². The number of nitrogens with zero attached hydrogens (tertiary/aromatic N) is 2. The number of ether oxygens (including phenoxy) is 1.